The van der Waals surface area contributed by atoms with E-state index in [4.69, 9.17) is 0 Å². The molecule has 0 aliphatic carbocycles. The maximum Gasteiger partial charge on any atom is 0.573 e. The van der Waals surface area contributed by atoms with Crippen LogP contribution in [0.3, 0.4) is 0 Å². The molecule has 2 heterocycles. The van der Waals surface area contributed by atoms with Gasteiger partial charge in [0.05, 0.1) is 6.33 Å². The molecule has 2 amide bonds. The molecular formula is C17H19F3N4O2. The van der Waals surface area contributed by atoms with E-state index in [-0.39, 0.29) is 11.8 Å². The van der Waals surface area contributed by atoms with Gasteiger partial charge in [0.25, 0.3) is 0 Å². The second-order valence-electron chi connectivity index (χ2n) is 6.22. The maximum absolute atomic E-state index is 12.4. The molecule has 0 saturated carbocycles. The first-order valence-corrected chi connectivity index (χ1v) is 8.26. The molecule has 9 heteroatoms. The molecule has 1 aromatic heterocycles. The molecule has 0 spiro atoms. The van der Waals surface area contributed by atoms with Crippen molar-refractivity contribution in [3.8, 4) is 5.75 Å². The summed E-state index contributed by atoms with van der Waals surface area (Å²) >= 11 is 0. The Bertz CT molecular complexity index is 717. The van der Waals surface area contributed by atoms with E-state index in [0.29, 0.717) is 24.7 Å². The third kappa shape index (κ3) is 5.14. The topological polar surface area (TPSA) is 59.4 Å². The Kier molecular flexibility index (Phi) is 5.34. The minimum absolute atomic E-state index is 0.259. The second-order valence-corrected chi connectivity index (χ2v) is 6.22. The van der Waals surface area contributed by atoms with Gasteiger partial charge in [0.2, 0.25) is 0 Å². The highest BCUT2D eigenvalue weighted by Crippen LogP contribution is 2.24. The highest BCUT2D eigenvalue weighted by molar-refractivity contribution is 5.89. The molecule has 0 radical (unpaired) electrons. The molecule has 26 heavy (non-hydrogen) atoms. The summed E-state index contributed by atoms with van der Waals surface area (Å²) in [5.41, 5.74) is 0.418. The van der Waals surface area contributed by atoms with Crippen LogP contribution in [0.15, 0.2) is 43.0 Å². The van der Waals surface area contributed by atoms with Crippen LogP contribution in [-0.4, -0.2) is 39.9 Å². The lowest BCUT2D eigenvalue weighted by molar-refractivity contribution is -0.274. The number of rotatable bonds is 4. The van der Waals surface area contributed by atoms with Gasteiger partial charge in [-0.25, -0.2) is 9.78 Å². The molecule has 1 fully saturated rings. The number of ether oxygens (including phenoxy) is 1. The fourth-order valence-electron chi connectivity index (χ4n) is 3.03. The third-order valence-electron chi connectivity index (χ3n) is 4.17. The molecule has 1 unspecified atom stereocenters. The van der Waals surface area contributed by atoms with E-state index in [1.807, 2.05) is 10.8 Å². The maximum atomic E-state index is 12.4. The van der Waals surface area contributed by atoms with Crippen LogP contribution in [0.25, 0.3) is 0 Å². The Balaban J connectivity index is 1.53. The lowest BCUT2D eigenvalue weighted by Gasteiger charge is -2.33. The summed E-state index contributed by atoms with van der Waals surface area (Å²) in [5, 5.41) is 2.71. The number of nitrogens with one attached hydrogen (secondary N) is 1. The molecule has 140 valence electrons. The summed E-state index contributed by atoms with van der Waals surface area (Å²) in [6, 6.07) is 4.84. The van der Waals surface area contributed by atoms with Gasteiger partial charge in [0.15, 0.2) is 0 Å². The SMILES string of the molecule is O=C(Nc1ccc(OC(F)(F)F)cc1)N1CCCC(Cn2ccnc2)C1. The number of halogens is 3. The van der Waals surface area contributed by atoms with Crippen molar-refractivity contribution in [1.29, 1.82) is 0 Å². The lowest BCUT2D eigenvalue weighted by Crippen LogP contribution is -2.43. The second kappa shape index (κ2) is 7.67. The lowest BCUT2D eigenvalue weighted by atomic mass is 9.98. The molecule has 0 bridgehead atoms. The number of nitrogens with zero attached hydrogens (tertiary/aromatic N) is 3. The number of amides is 2. The average molecular weight is 368 g/mol. The zero-order valence-corrected chi connectivity index (χ0v) is 13.9. The predicted molar refractivity (Wildman–Crippen MR) is 88.7 cm³/mol. The summed E-state index contributed by atoms with van der Waals surface area (Å²) in [5.74, 6) is 0.0140. The smallest absolute Gasteiger partial charge is 0.406 e. The van der Waals surface area contributed by atoms with Crippen molar-refractivity contribution in [2.45, 2.75) is 25.7 Å². The third-order valence-corrected chi connectivity index (χ3v) is 4.17. The molecular weight excluding hydrogens is 349 g/mol. The first kappa shape index (κ1) is 18.1. The standard InChI is InChI=1S/C17H19F3N4O2/c18-17(19,20)26-15-5-3-14(4-6-15)22-16(25)24-8-1-2-13(11-24)10-23-9-7-21-12-23/h3-7,9,12-13H,1-2,8,10-11H2,(H,22,25). The molecule has 1 N–H and O–H groups in total. The van der Waals surface area contributed by atoms with Crippen molar-refractivity contribution in [3.63, 3.8) is 0 Å². The number of benzene rings is 1. The van der Waals surface area contributed by atoms with Crippen LogP contribution < -0.4 is 10.1 Å². The number of urea groups is 1. The van der Waals surface area contributed by atoms with Crippen LogP contribution >= 0.6 is 0 Å². The Morgan fingerprint density at radius 3 is 2.73 bits per heavy atom. The van der Waals surface area contributed by atoms with Crippen molar-refractivity contribution < 1.29 is 22.7 Å². The van der Waals surface area contributed by atoms with E-state index in [0.717, 1.165) is 19.4 Å². The summed E-state index contributed by atoms with van der Waals surface area (Å²) in [4.78, 5) is 18.2. The quantitative estimate of drug-likeness (QED) is 0.895. The molecule has 2 aromatic rings. The molecule has 1 saturated heterocycles. The minimum Gasteiger partial charge on any atom is -0.406 e. The van der Waals surface area contributed by atoms with Gasteiger partial charge in [0, 0.05) is 37.7 Å². The molecule has 1 aliphatic rings. The number of hydrogen-bond donors (Lipinski definition) is 1. The van der Waals surface area contributed by atoms with E-state index in [2.05, 4.69) is 15.0 Å². The Morgan fingerprint density at radius 2 is 2.08 bits per heavy atom. The summed E-state index contributed by atoms with van der Waals surface area (Å²) < 4.78 is 42.3. The number of likely N-dealkylation sites (tertiary alicyclic amines) is 1. The van der Waals surface area contributed by atoms with Crippen LogP contribution in [0, 0.1) is 5.92 Å². The zero-order chi connectivity index (χ0) is 18.6. The number of carbonyl (C=O) groups excluding carboxylic acids is 1. The largest absolute Gasteiger partial charge is 0.573 e. The van der Waals surface area contributed by atoms with E-state index in [1.54, 1.807) is 17.4 Å². The Hall–Kier alpha value is -2.71. The molecule has 1 atom stereocenters. The molecule has 1 aromatic carbocycles. The van der Waals surface area contributed by atoms with E-state index >= 15 is 0 Å². The molecule has 3 rings (SSSR count). The number of hydrogen-bond acceptors (Lipinski definition) is 3. The molecule has 6 nitrogen and oxygen atoms in total. The molecule has 1 aliphatic heterocycles. The highest BCUT2D eigenvalue weighted by Gasteiger charge is 2.31. The average Bonchev–Trinajstić information content (AvgIpc) is 3.08. The number of anilines is 1. The number of piperidine rings is 1. The van der Waals surface area contributed by atoms with E-state index < -0.39 is 6.36 Å². The van der Waals surface area contributed by atoms with E-state index in [9.17, 15) is 18.0 Å². The van der Waals surface area contributed by atoms with Crippen molar-refractivity contribution in [2.75, 3.05) is 18.4 Å². The Labute approximate surface area is 148 Å². The summed E-state index contributed by atoms with van der Waals surface area (Å²) in [6.07, 6.45) is 2.58. The van der Waals surface area contributed by atoms with Gasteiger partial charge in [-0.05, 0) is 43.0 Å². The van der Waals surface area contributed by atoms with Crippen LogP contribution in [0.1, 0.15) is 12.8 Å². The first-order chi connectivity index (χ1) is 12.4. The van der Waals surface area contributed by atoms with Crippen molar-refractivity contribution >= 4 is 11.7 Å². The predicted octanol–water partition coefficient (Wildman–Crippen LogP) is 3.73. The van der Waals surface area contributed by atoms with Gasteiger partial charge in [-0.2, -0.15) is 0 Å². The normalized spacial score (nSPS) is 17.8. The fraction of sp³-hybridized carbons (Fsp3) is 0.412. The van der Waals surface area contributed by atoms with Crippen LogP contribution in [0.5, 0.6) is 5.75 Å². The van der Waals surface area contributed by atoms with Gasteiger partial charge in [-0.15, -0.1) is 13.2 Å². The van der Waals surface area contributed by atoms with Gasteiger partial charge >= 0.3 is 12.4 Å². The van der Waals surface area contributed by atoms with Crippen molar-refractivity contribution in [3.05, 3.63) is 43.0 Å². The number of imidazole rings is 1. The number of carbonyl (C=O) groups is 1. The first-order valence-electron chi connectivity index (χ1n) is 8.26. The summed E-state index contributed by atoms with van der Waals surface area (Å²) in [6.45, 7) is 2.08. The minimum atomic E-state index is -4.73. The highest BCUT2D eigenvalue weighted by atomic mass is 19.4. The van der Waals surface area contributed by atoms with Gasteiger partial charge in [-0.1, -0.05) is 0 Å². The summed E-state index contributed by atoms with van der Waals surface area (Å²) in [7, 11) is 0. The van der Waals surface area contributed by atoms with Gasteiger partial charge in [-0.3, -0.25) is 0 Å². The number of aromatic nitrogens is 2. The Morgan fingerprint density at radius 1 is 1.31 bits per heavy atom. The van der Waals surface area contributed by atoms with Crippen LogP contribution in [0.2, 0.25) is 0 Å². The monoisotopic (exact) mass is 368 g/mol. The van der Waals surface area contributed by atoms with Crippen LogP contribution in [0.4, 0.5) is 23.7 Å². The van der Waals surface area contributed by atoms with E-state index in [1.165, 1.54) is 24.3 Å². The van der Waals surface area contributed by atoms with Gasteiger partial charge < -0.3 is 19.5 Å². The number of alkyl halides is 3. The van der Waals surface area contributed by atoms with Crippen molar-refractivity contribution in [2.24, 2.45) is 5.92 Å². The zero-order valence-electron chi connectivity index (χ0n) is 13.9. The van der Waals surface area contributed by atoms with Gasteiger partial charge in [0.1, 0.15) is 5.75 Å². The van der Waals surface area contributed by atoms with Crippen LogP contribution in [-0.2, 0) is 6.54 Å². The van der Waals surface area contributed by atoms with Crippen molar-refractivity contribution in [1.82, 2.24) is 14.5 Å². The fourth-order valence-corrected chi connectivity index (χ4v) is 3.03.